The van der Waals surface area contributed by atoms with Gasteiger partial charge in [0.15, 0.2) is 17.4 Å². The normalized spacial score (nSPS) is 14.0. The Morgan fingerprint density at radius 1 is 1.00 bits per heavy atom. The standard InChI is InChI=1S/C32H26ClFN2O4/c1-4-26(37)29-24-14-20(7-10-28(24)39-30(29)19-5-8-21(34)9-6-19)23-15-22(17(2)13-25(23)33)27(38)16-32(11-12-32)31-35-18(3)36-40-31/h5-10,13-15H,4,11-12,16H2,1-3H3. The van der Waals surface area contributed by atoms with Gasteiger partial charge in [-0.1, -0.05) is 29.7 Å². The Balaban J connectivity index is 1.41. The van der Waals surface area contributed by atoms with E-state index in [2.05, 4.69) is 10.1 Å². The van der Waals surface area contributed by atoms with E-state index in [9.17, 15) is 14.0 Å². The van der Waals surface area contributed by atoms with Crippen molar-refractivity contribution < 1.29 is 22.9 Å². The van der Waals surface area contributed by atoms with Gasteiger partial charge in [0.05, 0.1) is 11.0 Å². The van der Waals surface area contributed by atoms with Crippen LogP contribution in [0.4, 0.5) is 4.39 Å². The van der Waals surface area contributed by atoms with E-state index >= 15 is 0 Å². The molecule has 0 spiro atoms. The van der Waals surface area contributed by atoms with Crippen molar-refractivity contribution in [1.29, 1.82) is 0 Å². The summed E-state index contributed by atoms with van der Waals surface area (Å²) in [5.74, 6) is 0.985. The molecule has 0 N–H and O–H groups in total. The quantitative estimate of drug-likeness (QED) is 0.178. The lowest BCUT2D eigenvalue weighted by Crippen LogP contribution is -2.15. The molecule has 202 valence electrons. The summed E-state index contributed by atoms with van der Waals surface area (Å²) in [5.41, 5.74) is 3.95. The number of hydrogen-bond acceptors (Lipinski definition) is 6. The lowest BCUT2D eigenvalue weighted by molar-refractivity contribution is 0.0960. The second kappa shape index (κ2) is 9.82. The molecule has 0 radical (unpaired) electrons. The van der Waals surface area contributed by atoms with Gasteiger partial charge in [-0.15, -0.1) is 0 Å². The second-order valence-corrected chi connectivity index (χ2v) is 10.9. The third-order valence-electron chi connectivity index (χ3n) is 7.65. The molecular formula is C32H26ClFN2O4. The molecule has 0 aliphatic heterocycles. The van der Waals surface area contributed by atoms with Crippen molar-refractivity contribution in [1.82, 2.24) is 10.1 Å². The maximum Gasteiger partial charge on any atom is 0.233 e. The molecule has 40 heavy (non-hydrogen) atoms. The molecule has 2 aromatic heterocycles. The number of aromatic nitrogens is 2. The van der Waals surface area contributed by atoms with Crippen LogP contribution in [0.5, 0.6) is 0 Å². The summed E-state index contributed by atoms with van der Waals surface area (Å²) in [6.45, 7) is 5.42. The highest BCUT2D eigenvalue weighted by Gasteiger charge is 2.50. The van der Waals surface area contributed by atoms with E-state index in [0.717, 1.165) is 24.0 Å². The number of rotatable bonds is 8. The van der Waals surface area contributed by atoms with Crippen molar-refractivity contribution in [3.8, 4) is 22.5 Å². The molecule has 1 aliphatic rings. The highest BCUT2D eigenvalue weighted by molar-refractivity contribution is 6.33. The first kappa shape index (κ1) is 26.1. The average molecular weight is 557 g/mol. The predicted octanol–water partition coefficient (Wildman–Crippen LogP) is 8.46. The maximum absolute atomic E-state index is 13.6. The zero-order valence-corrected chi connectivity index (χ0v) is 23.1. The minimum atomic E-state index is -0.410. The first-order chi connectivity index (χ1) is 19.2. The van der Waals surface area contributed by atoms with Crippen LogP contribution in [0.15, 0.2) is 63.5 Å². The number of fused-ring (bicyclic) bond motifs is 1. The van der Waals surface area contributed by atoms with Crippen LogP contribution in [0.2, 0.25) is 5.02 Å². The molecule has 0 atom stereocenters. The van der Waals surface area contributed by atoms with Gasteiger partial charge in [0, 0.05) is 39.9 Å². The fourth-order valence-corrected chi connectivity index (χ4v) is 5.58. The fraction of sp³-hybridized carbons (Fsp3) is 0.250. The number of ketones is 2. The number of benzene rings is 3. The number of nitrogens with zero attached hydrogens (tertiary/aromatic N) is 2. The van der Waals surface area contributed by atoms with Gasteiger partial charge in [-0.2, -0.15) is 4.98 Å². The van der Waals surface area contributed by atoms with Crippen LogP contribution in [0.25, 0.3) is 33.4 Å². The molecule has 0 amide bonds. The molecule has 3 aromatic carbocycles. The van der Waals surface area contributed by atoms with E-state index in [-0.39, 0.29) is 30.2 Å². The van der Waals surface area contributed by atoms with Crippen molar-refractivity contribution in [2.75, 3.05) is 0 Å². The second-order valence-electron chi connectivity index (χ2n) is 10.5. The molecule has 1 saturated carbocycles. The molecule has 6 nitrogen and oxygen atoms in total. The molecule has 6 rings (SSSR count). The van der Waals surface area contributed by atoms with E-state index in [1.165, 1.54) is 12.1 Å². The smallest absolute Gasteiger partial charge is 0.233 e. The first-order valence-corrected chi connectivity index (χ1v) is 13.6. The molecule has 0 unspecified atom stereocenters. The SMILES string of the molecule is CCC(=O)c1c(-c2ccc(F)cc2)oc2ccc(-c3cc(C(=O)CC4(c5nc(C)no5)CC4)c(C)cc3Cl)cc12. The third kappa shape index (κ3) is 4.54. The number of halogens is 2. The topological polar surface area (TPSA) is 86.2 Å². The average Bonchev–Trinajstić information content (AvgIpc) is 3.40. The van der Waals surface area contributed by atoms with E-state index < -0.39 is 5.41 Å². The Kier molecular flexibility index (Phi) is 6.42. The summed E-state index contributed by atoms with van der Waals surface area (Å²) in [6, 6.07) is 15.0. The van der Waals surface area contributed by atoms with Gasteiger partial charge < -0.3 is 8.94 Å². The number of furan rings is 1. The van der Waals surface area contributed by atoms with Crippen LogP contribution in [0, 0.1) is 19.7 Å². The zero-order chi connectivity index (χ0) is 28.2. The van der Waals surface area contributed by atoms with Crippen LogP contribution in [-0.4, -0.2) is 21.7 Å². The fourth-order valence-electron chi connectivity index (χ4n) is 5.25. The number of Topliss-reactive ketones (excluding diaryl/α,β-unsaturated/α-hetero) is 2. The number of hydrogen-bond donors (Lipinski definition) is 0. The van der Waals surface area contributed by atoms with Crippen molar-refractivity contribution in [2.24, 2.45) is 0 Å². The highest BCUT2D eigenvalue weighted by Crippen LogP contribution is 2.51. The third-order valence-corrected chi connectivity index (χ3v) is 7.97. The largest absolute Gasteiger partial charge is 0.455 e. The van der Waals surface area contributed by atoms with Crippen LogP contribution in [-0.2, 0) is 5.41 Å². The van der Waals surface area contributed by atoms with E-state index in [4.69, 9.17) is 20.5 Å². The van der Waals surface area contributed by atoms with Gasteiger partial charge in [-0.25, -0.2) is 4.39 Å². The Bertz CT molecular complexity index is 1800. The summed E-state index contributed by atoms with van der Waals surface area (Å²) >= 11 is 6.71. The number of carbonyl (C=O) groups excluding carboxylic acids is 2. The lowest BCUT2D eigenvalue weighted by Gasteiger charge is -2.14. The first-order valence-electron chi connectivity index (χ1n) is 13.2. The minimum Gasteiger partial charge on any atom is -0.455 e. The van der Waals surface area contributed by atoms with Gasteiger partial charge in [0.2, 0.25) is 5.89 Å². The van der Waals surface area contributed by atoms with Crippen molar-refractivity contribution in [3.05, 3.63) is 93.8 Å². The molecule has 1 aliphatic carbocycles. The molecule has 2 heterocycles. The van der Waals surface area contributed by atoms with Gasteiger partial charge in [-0.05, 0) is 86.3 Å². The van der Waals surface area contributed by atoms with E-state index in [1.54, 1.807) is 38.1 Å². The minimum absolute atomic E-state index is 0.0198. The number of carbonyl (C=O) groups is 2. The van der Waals surface area contributed by atoms with Crippen LogP contribution < -0.4 is 0 Å². The lowest BCUT2D eigenvalue weighted by atomic mass is 9.90. The van der Waals surface area contributed by atoms with Gasteiger partial charge >= 0.3 is 0 Å². The van der Waals surface area contributed by atoms with Crippen molar-refractivity contribution >= 4 is 34.1 Å². The molecule has 8 heteroatoms. The summed E-state index contributed by atoms with van der Waals surface area (Å²) in [7, 11) is 0. The summed E-state index contributed by atoms with van der Waals surface area (Å²) in [6.07, 6.45) is 2.19. The predicted molar refractivity (Wildman–Crippen MR) is 150 cm³/mol. The zero-order valence-electron chi connectivity index (χ0n) is 22.3. The number of aryl methyl sites for hydroxylation is 2. The van der Waals surface area contributed by atoms with Gasteiger partial charge in [0.25, 0.3) is 0 Å². The van der Waals surface area contributed by atoms with Crippen LogP contribution in [0.1, 0.15) is 70.6 Å². The van der Waals surface area contributed by atoms with Gasteiger partial charge in [-0.3, -0.25) is 9.59 Å². The molecule has 5 aromatic rings. The Morgan fingerprint density at radius 3 is 2.38 bits per heavy atom. The molecule has 0 bridgehead atoms. The maximum atomic E-state index is 13.6. The summed E-state index contributed by atoms with van der Waals surface area (Å²) in [4.78, 5) is 31.0. The summed E-state index contributed by atoms with van der Waals surface area (Å²) < 4.78 is 25.1. The van der Waals surface area contributed by atoms with Gasteiger partial charge in [0.1, 0.15) is 17.2 Å². The van der Waals surface area contributed by atoms with Crippen LogP contribution in [0.3, 0.4) is 0 Å². The Labute approximate surface area is 235 Å². The monoisotopic (exact) mass is 556 g/mol. The van der Waals surface area contributed by atoms with Crippen LogP contribution >= 0.6 is 11.6 Å². The van der Waals surface area contributed by atoms with E-state index in [0.29, 0.717) is 55.7 Å². The molecule has 1 fully saturated rings. The van der Waals surface area contributed by atoms with Crippen molar-refractivity contribution in [2.45, 2.75) is 51.9 Å². The van der Waals surface area contributed by atoms with E-state index in [1.807, 2.05) is 25.1 Å². The Hall–Kier alpha value is -4.10. The summed E-state index contributed by atoms with van der Waals surface area (Å²) in [5, 5.41) is 5.03. The van der Waals surface area contributed by atoms with Crippen molar-refractivity contribution in [3.63, 3.8) is 0 Å². The molecule has 0 saturated heterocycles. The highest BCUT2D eigenvalue weighted by atomic mass is 35.5. The Morgan fingerprint density at radius 2 is 1.73 bits per heavy atom. The molecular weight excluding hydrogens is 531 g/mol.